The molecule has 0 bridgehead atoms. The summed E-state index contributed by atoms with van der Waals surface area (Å²) in [6.07, 6.45) is 5.15. The van der Waals surface area contributed by atoms with E-state index in [9.17, 15) is 0 Å². The minimum atomic E-state index is 0. The molecule has 0 aromatic carbocycles. The van der Waals surface area contributed by atoms with Crippen molar-refractivity contribution in [2.45, 2.75) is 32.1 Å². The Hall–Kier alpha value is 6.21. The van der Waals surface area contributed by atoms with Gasteiger partial charge in [0.1, 0.15) is 0 Å². The summed E-state index contributed by atoms with van der Waals surface area (Å²) in [5, 5.41) is 0. The molecule has 0 heterocycles. The summed E-state index contributed by atoms with van der Waals surface area (Å²) in [6, 6.07) is 0. The molecule has 0 fully saturated rings. The van der Waals surface area contributed by atoms with Gasteiger partial charge >= 0.3 is 21.1 Å². The van der Waals surface area contributed by atoms with Gasteiger partial charge in [-0.1, -0.05) is 0 Å². The van der Waals surface area contributed by atoms with E-state index in [-0.39, 0.29) is 192 Å². The molecule has 16 heavy (non-hydrogen) atoms. The zero-order valence-electron chi connectivity index (χ0n) is 10.7. The summed E-state index contributed by atoms with van der Waals surface area (Å²) in [6.45, 7) is 14.4. The fourth-order valence-electron chi connectivity index (χ4n) is 0.177. The monoisotopic (exact) mass is 770 g/mol. The van der Waals surface area contributed by atoms with Gasteiger partial charge in [-0.2, -0.15) is 12.8 Å². The maximum Gasteiger partial charge on any atom is 2.00 e. The van der Waals surface area contributed by atoms with Crippen molar-refractivity contribution in [1.82, 2.24) is 0 Å². The first-order chi connectivity index (χ1) is 4.33. The molecule has 0 atom stereocenters. The molecule has 0 aliphatic heterocycles. The SMILES string of the molecule is [CH2-]CCC[CH2-].[CH2-]CC[CH2-].[CH3-].[W+2].[Y].[Y].[Y].[Y].[Y]. The van der Waals surface area contributed by atoms with E-state index >= 15 is 0 Å². The zero-order chi connectivity index (χ0) is 7.54. The van der Waals surface area contributed by atoms with Gasteiger partial charge < -0.3 is 35.1 Å². The number of rotatable bonds is 3. The molecule has 0 aromatic heterocycles. The predicted octanol–water partition coefficient (Wildman–Crippen LogP) is 3.69. The van der Waals surface area contributed by atoms with Gasteiger partial charge in [-0.3, -0.25) is 0 Å². The molecule has 0 aliphatic rings. The molecule has 0 saturated carbocycles. The predicted molar refractivity (Wildman–Crippen MR) is 50.9 cm³/mol. The van der Waals surface area contributed by atoms with Crippen LogP contribution < -0.4 is 0 Å². The minimum Gasteiger partial charge on any atom is -0.358 e. The first kappa shape index (κ1) is 57.3. The molecule has 0 nitrogen and oxygen atoms in total. The standard InChI is InChI=1S/C5H10.C4H8.CH3.W.5Y/c1-3-5-4-2;1-3-4-2;;;;;;;/h1-5H2;1-4H2;1H3;;;;;;/q2*-2;-1;+2;;;;;. The summed E-state index contributed by atoms with van der Waals surface area (Å²) in [7, 11) is 0. The Kier molecular flexibility index (Phi) is 247. The molecule has 0 aliphatic carbocycles. The van der Waals surface area contributed by atoms with Crippen molar-refractivity contribution in [2.75, 3.05) is 0 Å². The normalized spacial score (nSPS) is 4.50. The smallest absolute Gasteiger partial charge is 0.358 e. The molecule has 85 valence electrons. The third kappa shape index (κ3) is 87.9. The fourth-order valence-corrected chi connectivity index (χ4v) is 0.177. The van der Waals surface area contributed by atoms with Gasteiger partial charge in [0.2, 0.25) is 0 Å². The van der Waals surface area contributed by atoms with Crippen molar-refractivity contribution >= 4 is 0 Å². The van der Waals surface area contributed by atoms with E-state index in [2.05, 4.69) is 27.7 Å². The Morgan fingerprint density at radius 1 is 0.500 bits per heavy atom. The van der Waals surface area contributed by atoms with Crippen LogP contribution >= 0.6 is 0 Å². The fraction of sp³-hybridized carbons (Fsp3) is 0.500. The first-order valence-corrected chi connectivity index (χ1v) is 3.50. The van der Waals surface area contributed by atoms with Crippen LogP contribution in [0.1, 0.15) is 32.1 Å². The molecule has 0 aromatic rings. The van der Waals surface area contributed by atoms with E-state index in [4.69, 9.17) is 0 Å². The van der Waals surface area contributed by atoms with Gasteiger partial charge in [0.05, 0.1) is 0 Å². The van der Waals surface area contributed by atoms with Crippen molar-refractivity contribution in [2.24, 2.45) is 0 Å². The van der Waals surface area contributed by atoms with Crippen LogP contribution in [0.25, 0.3) is 0 Å². The largest absolute Gasteiger partial charge is 2.00 e. The Morgan fingerprint density at radius 3 is 0.688 bits per heavy atom. The second-order valence-electron chi connectivity index (χ2n) is 1.77. The Labute approximate surface area is 245 Å². The molecule has 5 radical (unpaired) electrons. The summed E-state index contributed by atoms with van der Waals surface area (Å²) >= 11 is 0. The molecular weight excluding hydrogens is 748 g/mol. The van der Waals surface area contributed by atoms with Gasteiger partial charge in [0.15, 0.2) is 0 Å². The van der Waals surface area contributed by atoms with E-state index in [1.54, 1.807) is 0 Å². The molecule has 0 rings (SSSR count). The molecule has 0 saturated heterocycles. The maximum absolute atomic E-state index is 3.64. The van der Waals surface area contributed by atoms with Gasteiger partial charge in [-0.25, -0.2) is 12.8 Å². The minimum absolute atomic E-state index is 0. The van der Waals surface area contributed by atoms with Crippen LogP contribution in [0, 0.1) is 35.1 Å². The van der Waals surface area contributed by atoms with Crippen LogP contribution in [0.5, 0.6) is 0 Å². The average molecular weight is 770 g/mol. The van der Waals surface area contributed by atoms with Crippen molar-refractivity contribution < 1.29 is 185 Å². The van der Waals surface area contributed by atoms with Crippen molar-refractivity contribution in [3.63, 3.8) is 0 Å². The van der Waals surface area contributed by atoms with Crippen LogP contribution in [0.3, 0.4) is 0 Å². The second-order valence-corrected chi connectivity index (χ2v) is 1.77. The van der Waals surface area contributed by atoms with E-state index in [0.29, 0.717) is 0 Å². The van der Waals surface area contributed by atoms with Crippen LogP contribution in [-0.2, 0) is 185 Å². The van der Waals surface area contributed by atoms with Crippen LogP contribution in [-0.4, -0.2) is 0 Å². The Bertz CT molecular complexity index is 38.4. The van der Waals surface area contributed by atoms with Crippen molar-refractivity contribution in [3.05, 3.63) is 35.1 Å². The number of hydrogen-bond donors (Lipinski definition) is 0. The third-order valence-corrected chi connectivity index (χ3v) is 0.750. The summed E-state index contributed by atoms with van der Waals surface area (Å²) in [5.41, 5.74) is 0. The van der Waals surface area contributed by atoms with E-state index in [0.717, 1.165) is 25.7 Å². The van der Waals surface area contributed by atoms with Crippen LogP contribution in [0.2, 0.25) is 0 Å². The van der Waals surface area contributed by atoms with Crippen LogP contribution in [0.15, 0.2) is 0 Å². The van der Waals surface area contributed by atoms with Crippen LogP contribution in [0.4, 0.5) is 0 Å². The summed E-state index contributed by atoms with van der Waals surface area (Å²) in [4.78, 5) is 0. The molecule has 6 heteroatoms. The van der Waals surface area contributed by atoms with Gasteiger partial charge in [-0.15, -0.1) is 6.42 Å². The summed E-state index contributed by atoms with van der Waals surface area (Å²) in [5.74, 6) is 0. The van der Waals surface area contributed by atoms with Gasteiger partial charge in [-0.05, 0) is 0 Å². The molecular formula is C10H21WY5-3. The van der Waals surface area contributed by atoms with E-state index in [1.807, 2.05) is 0 Å². The molecule has 0 amide bonds. The van der Waals surface area contributed by atoms with Gasteiger partial charge in [0, 0.05) is 164 Å². The van der Waals surface area contributed by atoms with Crippen molar-refractivity contribution in [1.29, 1.82) is 0 Å². The Morgan fingerprint density at radius 2 is 0.688 bits per heavy atom. The van der Waals surface area contributed by atoms with Crippen molar-refractivity contribution in [3.8, 4) is 0 Å². The van der Waals surface area contributed by atoms with E-state index < -0.39 is 0 Å². The zero-order valence-corrected chi connectivity index (χ0v) is 27.8. The molecule has 0 N–H and O–H groups in total. The quantitative estimate of drug-likeness (QED) is 0.385. The molecule has 0 unspecified atom stereocenters. The van der Waals surface area contributed by atoms with E-state index in [1.165, 1.54) is 6.42 Å². The average Bonchev–Trinajstić information content (AvgIpc) is 1.91. The number of unbranched alkanes of at least 4 members (excludes halogenated alkanes) is 3. The third-order valence-electron chi connectivity index (χ3n) is 0.750. The summed E-state index contributed by atoms with van der Waals surface area (Å²) < 4.78 is 0. The Balaban J connectivity index is -0.00000000614. The second kappa shape index (κ2) is 68.9. The first-order valence-electron chi connectivity index (χ1n) is 3.50. The molecule has 0 spiro atoms. The number of hydrogen-bond acceptors (Lipinski definition) is 0. The van der Waals surface area contributed by atoms with Gasteiger partial charge in [0.25, 0.3) is 0 Å². The topological polar surface area (TPSA) is 0 Å². The maximum atomic E-state index is 3.64.